The number of aromatic nitrogens is 1. The van der Waals surface area contributed by atoms with Gasteiger partial charge in [0.05, 0.1) is 0 Å². The predicted molar refractivity (Wildman–Crippen MR) is 106 cm³/mol. The van der Waals surface area contributed by atoms with Crippen molar-refractivity contribution in [3.8, 4) is 0 Å². The van der Waals surface area contributed by atoms with Crippen LogP contribution in [0.3, 0.4) is 0 Å². The standard InChI is InChI=1S/C22H34N2O2/c1-2-3-15-24-20-14-10-5-4-7-11-17(20)16-19(22(24)26)21(25)23-18-12-8-6-9-13-18/h16,18H,2-15H2,1H3,(H,23,25). The summed E-state index contributed by atoms with van der Waals surface area (Å²) in [6.45, 7) is 2.89. The summed E-state index contributed by atoms with van der Waals surface area (Å²) in [7, 11) is 0. The van der Waals surface area contributed by atoms with E-state index in [0.717, 1.165) is 57.9 Å². The predicted octanol–water partition coefficient (Wildman–Crippen LogP) is 4.37. The lowest BCUT2D eigenvalue weighted by atomic mass is 9.94. The van der Waals surface area contributed by atoms with Gasteiger partial charge in [-0.25, -0.2) is 0 Å². The van der Waals surface area contributed by atoms with Crippen LogP contribution in [0.2, 0.25) is 0 Å². The Hall–Kier alpha value is -1.58. The third kappa shape index (κ3) is 4.57. The molecule has 4 heteroatoms. The summed E-state index contributed by atoms with van der Waals surface area (Å²) in [6, 6.07) is 2.16. The van der Waals surface area contributed by atoms with E-state index >= 15 is 0 Å². The zero-order valence-electron chi connectivity index (χ0n) is 16.3. The Kier molecular flexibility index (Phi) is 6.93. The van der Waals surface area contributed by atoms with E-state index in [1.54, 1.807) is 0 Å². The molecule has 0 bridgehead atoms. The van der Waals surface area contributed by atoms with Gasteiger partial charge >= 0.3 is 0 Å². The SMILES string of the molecule is CCCCn1c2c(cc(C(=O)NC3CCCCC3)c1=O)CCCCCC2. The van der Waals surface area contributed by atoms with Crippen LogP contribution in [0.5, 0.6) is 0 Å². The lowest BCUT2D eigenvalue weighted by molar-refractivity contribution is 0.0925. The fourth-order valence-electron chi connectivity index (χ4n) is 4.46. The van der Waals surface area contributed by atoms with E-state index in [0.29, 0.717) is 5.56 Å². The Morgan fingerprint density at radius 3 is 2.50 bits per heavy atom. The van der Waals surface area contributed by atoms with E-state index in [2.05, 4.69) is 12.2 Å². The topological polar surface area (TPSA) is 51.1 Å². The molecule has 2 aliphatic carbocycles. The van der Waals surface area contributed by atoms with E-state index < -0.39 is 0 Å². The quantitative estimate of drug-likeness (QED) is 0.850. The highest BCUT2D eigenvalue weighted by molar-refractivity contribution is 5.94. The van der Waals surface area contributed by atoms with Crippen molar-refractivity contribution < 1.29 is 4.79 Å². The van der Waals surface area contributed by atoms with Crippen LogP contribution in [0, 0.1) is 0 Å². The Balaban J connectivity index is 1.91. The second kappa shape index (κ2) is 9.38. The van der Waals surface area contributed by atoms with Gasteiger partial charge in [-0.05, 0) is 56.6 Å². The molecule has 26 heavy (non-hydrogen) atoms. The highest BCUT2D eigenvalue weighted by atomic mass is 16.2. The van der Waals surface area contributed by atoms with Crippen LogP contribution in [-0.4, -0.2) is 16.5 Å². The number of hydrogen-bond acceptors (Lipinski definition) is 2. The zero-order valence-corrected chi connectivity index (χ0v) is 16.3. The number of nitrogens with zero attached hydrogens (tertiary/aromatic N) is 1. The van der Waals surface area contributed by atoms with Crippen molar-refractivity contribution in [3.05, 3.63) is 33.2 Å². The van der Waals surface area contributed by atoms with Gasteiger partial charge < -0.3 is 9.88 Å². The largest absolute Gasteiger partial charge is 0.349 e. The Labute approximate surface area is 157 Å². The second-order valence-corrected chi connectivity index (χ2v) is 8.06. The second-order valence-electron chi connectivity index (χ2n) is 8.06. The fraction of sp³-hybridized carbons (Fsp3) is 0.727. The van der Waals surface area contributed by atoms with Gasteiger partial charge in [-0.15, -0.1) is 0 Å². The van der Waals surface area contributed by atoms with Gasteiger partial charge in [-0.3, -0.25) is 9.59 Å². The first-order chi connectivity index (χ1) is 12.7. The van der Waals surface area contributed by atoms with Crippen LogP contribution in [0.1, 0.15) is 99.2 Å². The summed E-state index contributed by atoms with van der Waals surface area (Å²) in [5, 5.41) is 3.14. The van der Waals surface area contributed by atoms with E-state index in [1.165, 1.54) is 43.4 Å². The molecule has 1 aromatic heterocycles. The van der Waals surface area contributed by atoms with Crippen molar-refractivity contribution in [1.82, 2.24) is 9.88 Å². The molecule has 0 atom stereocenters. The average Bonchev–Trinajstić information content (AvgIpc) is 2.63. The molecular weight excluding hydrogens is 324 g/mol. The summed E-state index contributed by atoms with van der Waals surface area (Å²) in [5.74, 6) is -0.156. The molecule has 1 heterocycles. The maximum atomic E-state index is 13.1. The molecule has 0 unspecified atom stereocenters. The number of hydrogen-bond donors (Lipinski definition) is 1. The Morgan fingerprint density at radius 1 is 1.08 bits per heavy atom. The van der Waals surface area contributed by atoms with Gasteiger partial charge in [0.15, 0.2) is 0 Å². The van der Waals surface area contributed by atoms with Crippen LogP contribution >= 0.6 is 0 Å². The third-order valence-corrected chi connectivity index (χ3v) is 6.02. The maximum Gasteiger partial charge on any atom is 0.263 e. The maximum absolute atomic E-state index is 13.1. The summed E-state index contributed by atoms with van der Waals surface area (Å²) in [5.41, 5.74) is 2.71. The van der Waals surface area contributed by atoms with Crippen molar-refractivity contribution in [1.29, 1.82) is 0 Å². The first kappa shape index (κ1) is 19.2. The number of rotatable bonds is 5. The van der Waals surface area contributed by atoms with E-state index in [-0.39, 0.29) is 17.5 Å². The van der Waals surface area contributed by atoms with Crippen LogP contribution in [0.25, 0.3) is 0 Å². The smallest absolute Gasteiger partial charge is 0.263 e. The molecule has 1 N–H and O–H groups in total. The highest BCUT2D eigenvalue weighted by Gasteiger charge is 2.22. The average molecular weight is 359 g/mol. The fourth-order valence-corrected chi connectivity index (χ4v) is 4.46. The van der Waals surface area contributed by atoms with E-state index in [4.69, 9.17) is 0 Å². The molecule has 1 aromatic rings. The van der Waals surface area contributed by atoms with Crippen molar-refractivity contribution in [2.75, 3.05) is 0 Å². The summed E-state index contributed by atoms with van der Waals surface area (Å²) in [6.07, 6.45) is 14.5. The van der Waals surface area contributed by atoms with Crippen LogP contribution in [0.15, 0.2) is 10.9 Å². The van der Waals surface area contributed by atoms with Crippen molar-refractivity contribution in [3.63, 3.8) is 0 Å². The molecule has 0 aromatic carbocycles. The van der Waals surface area contributed by atoms with Crippen LogP contribution in [-0.2, 0) is 19.4 Å². The minimum atomic E-state index is -0.156. The molecule has 0 radical (unpaired) electrons. The summed E-state index contributed by atoms with van der Waals surface area (Å²) < 4.78 is 1.93. The van der Waals surface area contributed by atoms with E-state index in [1.807, 2.05) is 10.6 Å². The Bertz CT molecular complexity index is 671. The molecular formula is C22H34N2O2. The number of amides is 1. The molecule has 0 saturated heterocycles. The van der Waals surface area contributed by atoms with Crippen molar-refractivity contribution in [2.45, 2.75) is 103 Å². The van der Waals surface area contributed by atoms with Crippen molar-refractivity contribution in [2.24, 2.45) is 0 Å². The molecule has 4 nitrogen and oxygen atoms in total. The summed E-state index contributed by atoms with van der Waals surface area (Å²) in [4.78, 5) is 26.0. The normalized spacial score (nSPS) is 18.7. The number of carbonyl (C=O) groups excluding carboxylic acids is 1. The minimum absolute atomic E-state index is 0.0777. The molecule has 144 valence electrons. The molecule has 0 spiro atoms. The lowest BCUT2D eigenvalue weighted by Crippen LogP contribution is -2.40. The third-order valence-electron chi connectivity index (χ3n) is 6.02. The molecule has 0 aliphatic heterocycles. The molecule has 1 saturated carbocycles. The molecule has 3 rings (SSSR count). The Morgan fingerprint density at radius 2 is 1.77 bits per heavy atom. The van der Waals surface area contributed by atoms with Gasteiger partial charge in [0.25, 0.3) is 11.5 Å². The number of nitrogens with one attached hydrogen (secondary N) is 1. The van der Waals surface area contributed by atoms with Gasteiger partial charge in [0, 0.05) is 18.3 Å². The number of carbonyl (C=O) groups is 1. The zero-order chi connectivity index (χ0) is 18.4. The molecule has 1 amide bonds. The van der Waals surface area contributed by atoms with Gasteiger partial charge in [-0.1, -0.05) is 45.4 Å². The minimum Gasteiger partial charge on any atom is -0.349 e. The van der Waals surface area contributed by atoms with Crippen LogP contribution in [0.4, 0.5) is 0 Å². The first-order valence-corrected chi connectivity index (χ1v) is 10.8. The number of pyridine rings is 1. The molecule has 1 fully saturated rings. The highest BCUT2D eigenvalue weighted by Crippen LogP contribution is 2.21. The first-order valence-electron chi connectivity index (χ1n) is 10.8. The lowest BCUT2D eigenvalue weighted by Gasteiger charge is -2.24. The molecule has 2 aliphatic rings. The van der Waals surface area contributed by atoms with Gasteiger partial charge in [0.1, 0.15) is 5.56 Å². The van der Waals surface area contributed by atoms with E-state index in [9.17, 15) is 9.59 Å². The number of unbranched alkanes of at least 4 members (excludes halogenated alkanes) is 1. The monoisotopic (exact) mass is 358 g/mol. The van der Waals surface area contributed by atoms with Crippen molar-refractivity contribution >= 4 is 5.91 Å². The summed E-state index contributed by atoms with van der Waals surface area (Å²) >= 11 is 0. The number of fused-ring (bicyclic) bond motifs is 1. The van der Waals surface area contributed by atoms with Gasteiger partial charge in [0.2, 0.25) is 0 Å². The van der Waals surface area contributed by atoms with Gasteiger partial charge in [-0.2, -0.15) is 0 Å². The number of aryl methyl sites for hydroxylation is 1. The van der Waals surface area contributed by atoms with Crippen LogP contribution < -0.4 is 10.9 Å².